The van der Waals surface area contributed by atoms with E-state index in [4.69, 9.17) is 28.6 Å². The Morgan fingerprint density at radius 1 is 1.42 bits per heavy atom. The zero-order valence-corrected chi connectivity index (χ0v) is 14.2. The molecule has 0 radical (unpaired) electrons. The van der Waals surface area contributed by atoms with Gasteiger partial charge in [0, 0.05) is 18.1 Å². The minimum Gasteiger partial charge on any atom is -0.495 e. The number of nitrogens with zero attached hydrogens (tertiary/aromatic N) is 1. The lowest BCUT2D eigenvalue weighted by Crippen LogP contribution is -2.37. The molecule has 1 aliphatic rings. The van der Waals surface area contributed by atoms with Crippen LogP contribution in [-0.4, -0.2) is 30.1 Å². The van der Waals surface area contributed by atoms with Crippen LogP contribution in [0.4, 0.5) is 0 Å². The first kappa shape index (κ1) is 15.1. The van der Waals surface area contributed by atoms with E-state index in [1.165, 1.54) is 12.8 Å². The van der Waals surface area contributed by atoms with Crippen molar-refractivity contribution in [2.45, 2.75) is 19.8 Å². The van der Waals surface area contributed by atoms with E-state index in [0.717, 1.165) is 39.8 Å². The van der Waals surface area contributed by atoms with E-state index in [1.807, 2.05) is 12.1 Å². The predicted molar refractivity (Wildman–Crippen MR) is 87.4 cm³/mol. The number of piperidine rings is 1. The van der Waals surface area contributed by atoms with Gasteiger partial charge in [-0.25, -0.2) is 0 Å². The van der Waals surface area contributed by atoms with Crippen molar-refractivity contribution in [1.82, 2.24) is 4.90 Å². The summed E-state index contributed by atoms with van der Waals surface area (Å²) in [6.07, 6.45) is 2.37. The smallest absolute Gasteiger partial charge is 0.143 e. The SMILES string of the molecule is COc1c(Br)cc(Cl)cc1C(=S)N1CCC(C)CC1. The Morgan fingerprint density at radius 3 is 2.63 bits per heavy atom. The van der Waals surface area contributed by atoms with Gasteiger partial charge in [-0.05, 0) is 46.8 Å². The summed E-state index contributed by atoms with van der Waals surface area (Å²) < 4.78 is 6.28. The Labute approximate surface area is 133 Å². The number of rotatable bonds is 2. The van der Waals surface area contributed by atoms with Crippen LogP contribution in [0.1, 0.15) is 25.3 Å². The van der Waals surface area contributed by atoms with Gasteiger partial charge < -0.3 is 9.64 Å². The maximum atomic E-state index is 6.12. The second kappa shape index (κ2) is 6.42. The van der Waals surface area contributed by atoms with Crippen LogP contribution in [-0.2, 0) is 0 Å². The minimum atomic E-state index is 0.662. The van der Waals surface area contributed by atoms with Crippen LogP contribution in [0.3, 0.4) is 0 Å². The second-order valence-corrected chi connectivity index (χ2v) is 6.62. The second-order valence-electron chi connectivity index (χ2n) is 4.94. The summed E-state index contributed by atoms with van der Waals surface area (Å²) in [7, 11) is 1.65. The number of halogens is 2. The highest BCUT2D eigenvalue weighted by atomic mass is 79.9. The van der Waals surface area contributed by atoms with Crippen LogP contribution in [0.25, 0.3) is 0 Å². The maximum Gasteiger partial charge on any atom is 0.143 e. The summed E-state index contributed by atoms with van der Waals surface area (Å²) in [5, 5.41) is 0.662. The summed E-state index contributed by atoms with van der Waals surface area (Å²) in [4.78, 5) is 3.07. The standard InChI is InChI=1S/C14H17BrClNOS/c1-9-3-5-17(6-4-9)14(19)11-7-10(16)8-12(15)13(11)18-2/h7-9H,3-6H2,1-2H3. The Balaban J connectivity index is 2.28. The zero-order valence-electron chi connectivity index (χ0n) is 11.1. The Kier molecular flexibility index (Phi) is 5.09. The van der Waals surface area contributed by atoms with Crippen LogP contribution in [0.2, 0.25) is 5.02 Å². The Hall–Kier alpha value is -0.320. The molecule has 0 aliphatic carbocycles. The van der Waals surface area contributed by atoms with Gasteiger partial charge in [0.15, 0.2) is 0 Å². The molecular weight excluding hydrogens is 346 g/mol. The quantitative estimate of drug-likeness (QED) is 0.718. The summed E-state index contributed by atoms with van der Waals surface area (Å²) in [5.41, 5.74) is 0.895. The van der Waals surface area contributed by atoms with E-state index in [9.17, 15) is 0 Å². The Bertz CT molecular complexity index is 487. The molecule has 1 saturated heterocycles. The van der Waals surface area contributed by atoms with Gasteiger partial charge in [-0.15, -0.1) is 0 Å². The van der Waals surface area contributed by atoms with Crippen molar-refractivity contribution in [2.75, 3.05) is 20.2 Å². The fraction of sp³-hybridized carbons (Fsp3) is 0.500. The molecule has 2 nitrogen and oxygen atoms in total. The molecule has 19 heavy (non-hydrogen) atoms. The summed E-state index contributed by atoms with van der Waals surface area (Å²) >= 11 is 15.2. The molecule has 1 heterocycles. The normalized spacial score (nSPS) is 16.5. The molecule has 0 N–H and O–H groups in total. The molecule has 1 aromatic carbocycles. The molecule has 1 aliphatic heterocycles. The van der Waals surface area contributed by atoms with Gasteiger partial charge >= 0.3 is 0 Å². The molecule has 0 atom stereocenters. The van der Waals surface area contributed by atoms with Crippen molar-refractivity contribution >= 4 is 44.7 Å². The monoisotopic (exact) mass is 361 g/mol. The molecule has 1 aromatic rings. The highest BCUT2D eigenvalue weighted by molar-refractivity contribution is 9.10. The minimum absolute atomic E-state index is 0.662. The predicted octanol–water partition coefficient (Wildman–Crippen LogP) is 4.52. The molecule has 0 spiro atoms. The van der Waals surface area contributed by atoms with Crippen molar-refractivity contribution in [3.8, 4) is 5.75 Å². The number of methoxy groups -OCH3 is 1. The molecule has 0 saturated carbocycles. The van der Waals surface area contributed by atoms with E-state index in [0.29, 0.717) is 5.02 Å². The number of benzene rings is 1. The van der Waals surface area contributed by atoms with Crippen molar-refractivity contribution in [2.24, 2.45) is 5.92 Å². The van der Waals surface area contributed by atoms with Gasteiger partial charge in [-0.1, -0.05) is 30.7 Å². The lowest BCUT2D eigenvalue weighted by Gasteiger charge is -2.33. The van der Waals surface area contributed by atoms with Crippen molar-refractivity contribution in [3.05, 3.63) is 27.2 Å². The molecule has 5 heteroatoms. The molecule has 1 fully saturated rings. The highest BCUT2D eigenvalue weighted by Gasteiger charge is 2.22. The number of likely N-dealkylation sites (tertiary alicyclic amines) is 1. The molecule has 104 valence electrons. The first-order valence-electron chi connectivity index (χ1n) is 6.35. The van der Waals surface area contributed by atoms with Crippen LogP contribution < -0.4 is 4.74 Å². The van der Waals surface area contributed by atoms with Gasteiger partial charge in [-0.2, -0.15) is 0 Å². The van der Waals surface area contributed by atoms with Crippen LogP contribution in [0.15, 0.2) is 16.6 Å². The molecule has 0 bridgehead atoms. The number of hydrogen-bond donors (Lipinski definition) is 0. The van der Waals surface area contributed by atoms with E-state index in [-0.39, 0.29) is 0 Å². The lowest BCUT2D eigenvalue weighted by molar-refractivity contribution is 0.283. The average Bonchev–Trinajstić information content (AvgIpc) is 2.38. The molecular formula is C14H17BrClNOS. The third-order valence-corrected chi connectivity index (χ3v) is 4.80. The highest BCUT2D eigenvalue weighted by Crippen LogP contribution is 2.34. The van der Waals surface area contributed by atoms with Gasteiger partial charge in [0.25, 0.3) is 0 Å². The average molecular weight is 363 g/mol. The molecule has 0 amide bonds. The Morgan fingerprint density at radius 2 is 2.05 bits per heavy atom. The van der Waals surface area contributed by atoms with Crippen molar-refractivity contribution < 1.29 is 4.74 Å². The first-order chi connectivity index (χ1) is 9.02. The third-order valence-electron chi connectivity index (χ3n) is 3.51. The van der Waals surface area contributed by atoms with Crippen LogP contribution >= 0.6 is 39.7 Å². The number of ether oxygens (including phenoxy) is 1. The fourth-order valence-corrected chi connectivity index (χ4v) is 3.61. The van der Waals surface area contributed by atoms with E-state index >= 15 is 0 Å². The van der Waals surface area contributed by atoms with E-state index < -0.39 is 0 Å². The van der Waals surface area contributed by atoms with Crippen LogP contribution in [0, 0.1) is 5.92 Å². The van der Waals surface area contributed by atoms with E-state index in [1.54, 1.807) is 7.11 Å². The summed E-state index contributed by atoms with van der Waals surface area (Å²) in [6, 6.07) is 3.70. The molecule has 0 aromatic heterocycles. The summed E-state index contributed by atoms with van der Waals surface area (Å²) in [5.74, 6) is 1.54. The van der Waals surface area contributed by atoms with Gasteiger partial charge in [-0.3, -0.25) is 0 Å². The largest absolute Gasteiger partial charge is 0.495 e. The van der Waals surface area contributed by atoms with Gasteiger partial charge in [0.05, 0.1) is 17.1 Å². The van der Waals surface area contributed by atoms with Crippen molar-refractivity contribution in [1.29, 1.82) is 0 Å². The third kappa shape index (κ3) is 3.41. The summed E-state index contributed by atoms with van der Waals surface area (Å²) in [6.45, 7) is 4.30. The fourth-order valence-electron chi connectivity index (χ4n) is 2.31. The number of thiocarbonyl (C=S) groups is 1. The van der Waals surface area contributed by atoms with Gasteiger partial charge in [0.2, 0.25) is 0 Å². The van der Waals surface area contributed by atoms with Crippen LogP contribution in [0.5, 0.6) is 5.75 Å². The van der Waals surface area contributed by atoms with Gasteiger partial charge in [0.1, 0.15) is 10.7 Å². The van der Waals surface area contributed by atoms with Crippen molar-refractivity contribution in [3.63, 3.8) is 0 Å². The lowest BCUT2D eigenvalue weighted by atomic mass is 9.99. The zero-order chi connectivity index (χ0) is 14.0. The number of hydrogen-bond acceptors (Lipinski definition) is 2. The van der Waals surface area contributed by atoms with E-state index in [2.05, 4.69) is 27.8 Å². The molecule has 2 rings (SSSR count). The topological polar surface area (TPSA) is 12.5 Å². The first-order valence-corrected chi connectivity index (χ1v) is 7.93. The molecule has 0 unspecified atom stereocenters. The maximum absolute atomic E-state index is 6.12.